The number of nitrogens with zero attached hydrogens (tertiary/aromatic N) is 4. The van der Waals surface area contributed by atoms with Gasteiger partial charge in [-0.25, -0.2) is 4.79 Å². The Morgan fingerprint density at radius 3 is 2.64 bits per heavy atom. The van der Waals surface area contributed by atoms with E-state index in [9.17, 15) is 4.79 Å². The second-order valence-corrected chi connectivity index (χ2v) is 4.84. The van der Waals surface area contributed by atoms with Gasteiger partial charge in [-0.1, -0.05) is 6.92 Å². The molecule has 0 saturated heterocycles. The molecule has 2 amide bonds. The SMILES string of the molecule is CCC(COC)NC(=O)Nc1ccc(-n2nnnc2C)cc1. The standard InChI is InChI=1S/C14H20N6O2/c1-4-11(9-22-3)15-14(21)16-12-5-7-13(8-6-12)20-10(2)17-18-19-20/h5-8,11H,4,9H2,1-3H3,(H2,15,16,21). The summed E-state index contributed by atoms with van der Waals surface area (Å²) in [6, 6.07) is 7.01. The highest BCUT2D eigenvalue weighted by Gasteiger charge is 2.10. The zero-order valence-electron chi connectivity index (χ0n) is 12.9. The molecule has 8 heteroatoms. The molecule has 0 aliphatic rings. The van der Waals surface area contributed by atoms with Crippen molar-refractivity contribution in [3.63, 3.8) is 0 Å². The quantitative estimate of drug-likeness (QED) is 0.844. The number of hydrogen-bond donors (Lipinski definition) is 2. The number of aryl methyl sites for hydroxylation is 1. The van der Waals surface area contributed by atoms with Crippen LogP contribution in [0.1, 0.15) is 19.2 Å². The number of amides is 2. The number of methoxy groups -OCH3 is 1. The maximum Gasteiger partial charge on any atom is 0.319 e. The molecule has 1 heterocycles. The molecule has 0 aliphatic carbocycles. The van der Waals surface area contributed by atoms with Crippen LogP contribution in [-0.2, 0) is 4.74 Å². The van der Waals surface area contributed by atoms with E-state index in [1.54, 1.807) is 23.9 Å². The molecular weight excluding hydrogens is 284 g/mol. The number of carbonyl (C=O) groups is 1. The van der Waals surface area contributed by atoms with Gasteiger partial charge in [-0.05, 0) is 48.0 Å². The number of anilines is 1. The lowest BCUT2D eigenvalue weighted by molar-refractivity contribution is 0.165. The van der Waals surface area contributed by atoms with E-state index in [-0.39, 0.29) is 12.1 Å². The summed E-state index contributed by atoms with van der Waals surface area (Å²) in [5.74, 6) is 0.698. The van der Waals surface area contributed by atoms with E-state index in [0.717, 1.165) is 12.1 Å². The number of rotatable bonds is 6. The van der Waals surface area contributed by atoms with Gasteiger partial charge in [0.2, 0.25) is 0 Å². The van der Waals surface area contributed by atoms with E-state index >= 15 is 0 Å². The summed E-state index contributed by atoms with van der Waals surface area (Å²) >= 11 is 0. The predicted molar refractivity (Wildman–Crippen MR) is 82.0 cm³/mol. The van der Waals surface area contributed by atoms with Crippen molar-refractivity contribution in [2.75, 3.05) is 19.0 Å². The Balaban J connectivity index is 1.96. The molecule has 1 atom stereocenters. The third-order valence-electron chi connectivity index (χ3n) is 3.19. The van der Waals surface area contributed by atoms with Crippen molar-refractivity contribution in [1.82, 2.24) is 25.5 Å². The molecule has 2 aromatic rings. The van der Waals surface area contributed by atoms with Gasteiger partial charge in [0.05, 0.1) is 18.3 Å². The molecule has 0 spiro atoms. The largest absolute Gasteiger partial charge is 0.383 e. The third kappa shape index (κ3) is 4.01. The molecule has 8 nitrogen and oxygen atoms in total. The zero-order chi connectivity index (χ0) is 15.9. The molecule has 2 N–H and O–H groups in total. The Morgan fingerprint density at radius 2 is 2.09 bits per heavy atom. The minimum Gasteiger partial charge on any atom is -0.383 e. The molecule has 22 heavy (non-hydrogen) atoms. The van der Waals surface area contributed by atoms with E-state index in [1.807, 2.05) is 26.0 Å². The van der Waals surface area contributed by atoms with Crippen molar-refractivity contribution in [2.24, 2.45) is 0 Å². The van der Waals surface area contributed by atoms with Crippen LogP contribution >= 0.6 is 0 Å². The lowest BCUT2D eigenvalue weighted by Gasteiger charge is -2.16. The van der Waals surface area contributed by atoms with Crippen LogP contribution in [0.3, 0.4) is 0 Å². The molecule has 1 aromatic carbocycles. The molecule has 0 fully saturated rings. The number of ether oxygens (including phenoxy) is 1. The fraction of sp³-hybridized carbons (Fsp3) is 0.429. The highest BCUT2D eigenvalue weighted by molar-refractivity contribution is 5.89. The molecular formula is C14H20N6O2. The molecule has 0 saturated carbocycles. The van der Waals surface area contributed by atoms with E-state index in [4.69, 9.17) is 4.74 Å². The van der Waals surface area contributed by atoms with Crippen LogP contribution in [0.2, 0.25) is 0 Å². The van der Waals surface area contributed by atoms with Gasteiger partial charge < -0.3 is 15.4 Å². The summed E-state index contributed by atoms with van der Waals surface area (Å²) in [4.78, 5) is 11.9. The van der Waals surface area contributed by atoms with E-state index in [0.29, 0.717) is 18.1 Å². The maximum atomic E-state index is 11.9. The van der Waals surface area contributed by atoms with Crippen molar-refractivity contribution in [1.29, 1.82) is 0 Å². The number of hydrogen-bond acceptors (Lipinski definition) is 5. The van der Waals surface area contributed by atoms with Gasteiger partial charge in [-0.15, -0.1) is 5.10 Å². The van der Waals surface area contributed by atoms with Crippen molar-refractivity contribution in [3.05, 3.63) is 30.1 Å². The first-order valence-corrected chi connectivity index (χ1v) is 7.06. The lowest BCUT2D eigenvalue weighted by atomic mass is 10.2. The summed E-state index contributed by atoms with van der Waals surface area (Å²) in [5.41, 5.74) is 1.53. The third-order valence-corrected chi connectivity index (χ3v) is 3.19. The number of urea groups is 1. The Hall–Kier alpha value is -2.48. The smallest absolute Gasteiger partial charge is 0.319 e. The van der Waals surface area contributed by atoms with Crippen molar-refractivity contribution < 1.29 is 9.53 Å². The zero-order valence-corrected chi connectivity index (χ0v) is 12.9. The summed E-state index contributed by atoms with van der Waals surface area (Å²) in [7, 11) is 1.61. The topological polar surface area (TPSA) is 94.0 Å². The number of carbonyl (C=O) groups excluding carboxylic acids is 1. The van der Waals surface area contributed by atoms with Crippen molar-refractivity contribution in [2.45, 2.75) is 26.3 Å². The minimum absolute atomic E-state index is 0.00635. The van der Waals surface area contributed by atoms with Gasteiger partial charge >= 0.3 is 6.03 Å². The fourth-order valence-corrected chi connectivity index (χ4v) is 1.97. The average Bonchev–Trinajstić information content (AvgIpc) is 2.93. The Bertz CT molecular complexity index is 610. The second-order valence-electron chi connectivity index (χ2n) is 4.84. The van der Waals surface area contributed by atoms with Crippen LogP contribution in [0.25, 0.3) is 5.69 Å². The molecule has 0 radical (unpaired) electrons. The predicted octanol–water partition coefficient (Wildman–Crippen LogP) is 1.52. The van der Waals surface area contributed by atoms with Gasteiger partial charge in [0.1, 0.15) is 0 Å². The first-order chi connectivity index (χ1) is 10.6. The summed E-state index contributed by atoms with van der Waals surface area (Å²) in [5, 5.41) is 17.0. The van der Waals surface area contributed by atoms with Gasteiger partial charge in [-0.3, -0.25) is 0 Å². The van der Waals surface area contributed by atoms with E-state index in [1.165, 1.54) is 0 Å². The summed E-state index contributed by atoms with van der Waals surface area (Å²) in [6.07, 6.45) is 0.804. The normalized spacial score (nSPS) is 12.0. The van der Waals surface area contributed by atoms with E-state index in [2.05, 4.69) is 26.2 Å². The number of nitrogens with one attached hydrogen (secondary N) is 2. The molecule has 118 valence electrons. The van der Waals surface area contributed by atoms with Crippen LogP contribution in [0.5, 0.6) is 0 Å². The lowest BCUT2D eigenvalue weighted by Crippen LogP contribution is -2.40. The minimum atomic E-state index is -0.254. The molecule has 1 aromatic heterocycles. The van der Waals surface area contributed by atoms with E-state index < -0.39 is 0 Å². The average molecular weight is 304 g/mol. The van der Waals surface area contributed by atoms with Gasteiger partial charge in [-0.2, -0.15) is 4.68 Å². The maximum absolute atomic E-state index is 11.9. The molecule has 1 unspecified atom stereocenters. The van der Waals surface area contributed by atoms with Crippen LogP contribution in [0, 0.1) is 6.92 Å². The monoisotopic (exact) mass is 304 g/mol. The first kappa shape index (κ1) is 15.9. The van der Waals surface area contributed by atoms with Gasteiger partial charge in [0.25, 0.3) is 0 Å². The first-order valence-electron chi connectivity index (χ1n) is 7.06. The van der Waals surface area contributed by atoms with Crippen molar-refractivity contribution in [3.8, 4) is 5.69 Å². The van der Waals surface area contributed by atoms with Gasteiger partial charge in [0.15, 0.2) is 5.82 Å². The second kappa shape index (κ2) is 7.51. The summed E-state index contributed by atoms with van der Waals surface area (Å²) in [6.45, 7) is 4.30. The molecule has 0 aliphatic heterocycles. The molecule has 0 bridgehead atoms. The Labute approximate surface area is 128 Å². The Morgan fingerprint density at radius 1 is 1.36 bits per heavy atom. The van der Waals surface area contributed by atoms with Crippen molar-refractivity contribution >= 4 is 11.7 Å². The summed E-state index contributed by atoms with van der Waals surface area (Å²) < 4.78 is 6.67. The van der Waals surface area contributed by atoms with Gasteiger partial charge in [0, 0.05) is 12.8 Å². The fourth-order valence-electron chi connectivity index (χ4n) is 1.97. The van der Waals surface area contributed by atoms with Crippen LogP contribution < -0.4 is 10.6 Å². The number of benzene rings is 1. The van der Waals surface area contributed by atoms with Crippen LogP contribution in [-0.4, -0.2) is 46.0 Å². The highest BCUT2D eigenvalue weighted by Crippen LogP contribution is 2.13. The highest BCUT2D eigenvalue weighted by atomic mass is 16.5. The number of tetrazole rings is 1. The van der Waals surface area contributed by atoms with Crippen LogP contribution in [0.15, 0.2) is 24.3 Å². The Kier molecular flexibility index (Phi) is 5.42. The number of aromatic nitrogens is 4. The van der Waals surface area contributed by atoms with Crippen LogP contribution in [0.4, 0.5) is 10.5 Å². The molecule has 2 rings (SSSR count).